The van der Waals surface area contributed by atoms with E-state index in [4.69, 9.17) is 9.84 Å². The number of aliphatic carboxylic acids is 1. The summed E-state index contributed by atoms with van der Waals surface area (Å²) in [7, 11) is 0. The van der Waals surface area contributed by atoms with Crippen LogP contribution >= 0.6 is 0 Å². The van der Waals surface area contributed by atoms with Gasteiger partial charge in [-0.2, -0.15) is 5.10 Å². The van der Waals surface area contributed by atoms with Gasteiger partial charge in [0.1, 0.15) is 5.75 Å². The van der Waals surface area contributed by atoms with Gasteiger partial charge in [-0.15, -0.1) is 0 Å². The van der Waals surface area contributed by atoms with Crippen LogP contribution in [0.1, 0.15) is 32.3 Å². The lowest BCUT2D eigenvalue weighted by Gasteiger charge is -2.01. The Hall–Kier alpha value is -3.22. The average Bonchev–Trinajstić information content (AvgIpc) is 2.67. The molecule has 2 N–H and O–H groups in total. The minimum absolute atomic E-state index is 0.0501. The first-order valence-electron chi connectivity index (χ1n) is 8.16. The summed E-state index contributed by atoms with van der Waals surface area (Å²) in [6, 6.07) is 12.5. The largest absolute Gasteiger partial charge is 0.482 e. The van der Waals surface area contributed by atoms with Crippen molar-refractivity contribution >= 4 is 17.6 Å². The van der Waals surface area contributed by atoms with Crippen molar-refractivity contribution in [2.45, 2.75) is 26.7 Å². The predicted octanol–water partition coefficient (Wildman–Crippen LogP) is 2.87. The van der Waals surface area contributed by atoms with Gasteiger partial charge >= 0.3 is 5.97 Å². The van der Waals surface area contributed by atoms with Crippen molar-refractivity contribution < 1.29 is 19.4 Å². The summed E-state index contributed by atoms with van der Waals surface area (Å²) in [4.78, 5) is 25.1. The summed E-state index contributed by atoms with van der Waals surface area (Å²) in [5, 5.41) is 12.3. The highest BCUT2D eigenvalue weighted by atomic mass is 16.5. The molecule has 1 heterocycles. The molecule has 2 rings (SSSR count). The SMILES string of the molecule is CCCC(=O)NN=C(C)c1ccncc1.O=C(O)COc1ccccc1. The molecule has 0 unspecified atom stereocenters. The molecule has 0 bridgehead atoms. The number of benzene rings is 1. The van der Waals surface area contributed by atoms with Gasteiger partial charge in [0.15, 0.2) is 6.61 Å². The summed E-state index contributed by atoms with van der Waals surface area (Å²) in [6.45, 7) is 3.52. The number of rotatable bonds is 7. The molecule has 0 radical (unpaired) electrons. The smallest absolute Gasteiger partial charge is 0.341 e. The molecule has 0 atom stereocenters. The van der Waals surface area contributed by atoms with Gasteiger partial charge in [-0.25, -0.2) is 10.2 Å². The lowest BCUT2D eigenvalue weighted by Crippen LogP contribution is -2.18. The van der Waals surface area contributed by atoms with Crippen molar-refractivity contribution in [3.63, 3.8) is 0 Å². The van der Waals surface area contributed by atoms with Crippen LogP contribution in [0.3, 0.4) is 0 Å². The number of carbonyl (C=O) groups is 2. The van der Waals surface area contributed by atoms with Crippen LogP contribution < -0.4 is 10.2 Å². The summed E-state index contributed by atoms with van der Waals surface area (Å²) in [6.07, 6.45) is 4.73. The van der Waals surface area contributed by atoms with E-state index in [1.165, 1.54) is 0 Å². The van der Waals surface area contributed by atoms with E-state index in [9.17, 15) is 9.59 Å². The van der Waals surface area contributed by atoms with E-state index in [2.05, 4.69) is 15.5 Å². The molecular weight excluding hydrogens is 334 g/mol. The first-order chi connectivity index (χ1) is 12.5. The van der Waals surface area contributed by atoms with Crippen molar-refractivity contribution in [1.29, 1.82) is 0 Å². The fraction of sp³-hybridized carbons (Fsp3) is 0.263. The van der Waals surface area contributed by atoms with Gasteiger partial charge in [-0.3, -0.25) is 9.78 Å². The Morgan fingerprint density at radius 1 is 1.15 bits per heavy atom. The van der Waals surface area contributed by atoms with Crippen molar-refractivity contribution in [2.24, 2.45) is 5.10 Å². The summed E-state index contributed by atoms with van der Waals surface area (Å²) >= 11 is 0. The maximum absolute atomic E-state index is 11.1. The number of nitrogens with zero attached hydrogens (tertiary/aromatic N) is 2. The third-order valence-corrected chi connectivity index (χ3v) is 3.03. The molecule has 1 aromatic heterocycles. The topological polar surface area (TPSA) is 101 Å². The number of para-hydroxylation sites is 1. The zero-order valence-electron chi connectivity index (χ0n) is 14.9. The quantitative estimate of drug-likeness (QED) is 0.586. The second-order valence-electron chi connectivity index (χ2n) is 5.21. The molecule has 1 amide bonds. The molecule has 0 fully saturated rings. The monoisotopic (exact) mass is 357 g/mol. The lowest BCUT2D eigenvalue weighted by atomic mass is 10.2. The third-order valence-electron chi connectivity index (χ3n) is 3.03. The zero-order chi connectivity index (χ0) is 19.2. The Kier molecular flexibility index (Phi) is 9.76. The maximum Gasteiger partial charge on any atom is 0.341 e. The van der Waals surface area contributed by atoms with Crippen LogP contribution in [0.4, 0.5) is 0 Å². The van der Waals surface area contributed by atoms with Gasteiger partial charge in [-0.1, -0.05) is 25.1 Å². The molecule has 0 spiro atoms. The summed E-state index contributed by atoms with van der Waals surface area (Å²) in [5.74, 6) is -0.436. The number of hydrogen-bond acceptors (Lipinski definition) is 5. The van der Waals surface area contributed by atoms with Crippen molar-refractivity contribution in [3.05, 3.63) is 60.4 Å². The highest BCUT2D eigenvalue weighted by Crippen LogP contribution is 2.07. The van der Waals surface area contributed by atoms with Crippen molar-refractivity contribution in [1.82, 2.24) is 10.4 Å². The molecule has 7 heteroatoms. The Bertz CT molecular complexity index is 703. The molecule has 138 valence electrons. The number of ether oxygens (including phenoxy) is 1. The highest BCUT2D eigenvalue weighted by Gasteiger charge is 1.99. The number of amides is 1. The van der Waals surface area contributed by atoms with Crippen LogP contribution in [-0.2, 0) is 9.59 Å². The molecule has 0 aliphatic heterocycles. The number of hydrazone groups is 1. The Balaban J connectivity index is 0.000000273. The number of hydrogen-bond donors (Lipinski definition) is 2. The van der Waals surface area contributed by atoms with E-state index in [1.807, 2.05) is 32.0 Å². The van der Waals surface area contributed by atoms with E-state index in [-0.39, 0.29) is 12.5 Å². The molecule has 2 aromatic rings. The van der Waals surface area contributed by atoms with Crippen LogP contribution in [0.15, 0.2) is 60.0 Å². The van der Waals surface area contributed by atoms with Gasteiger partial charge in [0.25, 0.3) is 0 Å². The number of aromatic nitrogens is 1. The second-order valence-corrected chi connectivity index (χ2v) is 5.21. The van der Waals surface area contributed by atoms with Gasteiger partial charge < -0.3 is 9.84 Å². The van der Waals surface area contributed by atoms with Crippen molar-refractivity contribution in [3.8, 4) is 5.75 Å². The van der Waals surface area contributed by atoms with E-state index in [0.29, 0.717) is 12.2 Å². The van der Waals surface area contributed by atoms with E-state index < -0.39 is 5.97 Å². The fourth-order valence-electron chi connectivity index (χ4n) is 1.75. The minimum atomic E-state index is -0.964. The zero-order valence-corrected chi connectivity index (χ0v) is 14.9. The summed E-state index contributed by atoms with van der Waals surface area (Å²) in [5.41, 5.74) is 4.25. The lowest BCUT2D eigenvalue weighted by molar-refractivity contribution is -0.139. The van der Waals surface area contributed by atoms with E-state index in [1.54, 1.807) is 36.7 Å². The molecule has 0 aliphatic rings. The van der Waals surface area contributed by atoms with Crippen LogP contribution in [0, 0.1) is 0 Å². The van der Waals surface area contributed by atoms with Gasteiger partial charge in [-0.05, 0) is 37.6 Å². The van der Waals surface area contributed by atoms with E-state index >= 15 is 0 Å². The number of carboxylic acids is 1. The molecular formula is C19H23N3O4. The number of carbonyl (C=O) groups excluding carboxylic acids is 1. The molecule has 26 heavy (non-hydrogen) atoms. The molecule has 0 aliphatic carbocycles. The van der Waals surface area contributed by atoms with Crippen LogP contribution in [0.2, 0.25) is 0 Å². The second kappa shape index (κ2) is 12.2. The third kappa shape index (κ3) is 9.17. The first-order valence-corrected chi connectivity index (χ1v) is 8.16. The Morgan fingerprint density at radius 2 is 1.81 bits per heavy atom. The van der Waals surface area contributed by atoms with Gasteiger partial charge in [0.2, 0.25) is 5.91 Å². The number of carboxylic acid groups (broad SMARTS) is 1. The van der Waals surface area contributed by atoms with Crippen molar-refractivity contribution in [2.75, 3.05) is 6.61 Å². The molecule has 0 saturated carbocycles. The first kappa shape index (κ1) is 20.8. The molecule has 0 saturated heterocycles. The van der Waals surface area contributed by atoms with Crippen LogP contribution in [0.25, 0.3) is 0 Å². The minimum Gasteiger partial charge on any atom is -0.482 e. The highest BCUT2D eigenvalue weighted by molar-refractivity contribution is 5.99. The fourth-order valence-corrected chi connectivity index (χ4v) is 1.75. The Morgan fingerprint density at radius 3 is 2.38 bits per heavy atom. The van der Waals surface area contributed by atoms with Gasteiger partial charge in [0, 0.05) is 24.4 Å². The van der Waals surface area contributed by atoms with E-state index in [0.717, 1.165) is 17.7 Å². The number of pyridine rings is 1. The van der Waals surface area contributed by atoms with Gasteiger partial charge in [0.05, 0.1) is 5.71 Å². The summed E-state index contributed by atoms with van der Waals surface area (Å²) < 4.78 is 4.87. The Labute approximate surface area is 152 Å². The van der Waals surface area contributed by atoms with Crippen LogP contribution in [0.5, 0.6) is 5.75 Å². The molecule has 1 aromatic carbocycles. The van der Waals surface area contributed by atoms with Crippen LogP contribution in [-0.4, -0.2) is 34.3 Å². The standard InChI is InChI=1S/C11H15N3O.C8H8O3/c1-3-4-11(15)14-13-9(2)10-5-7-12-8-6-10;9-8(10)6-11-7-4-2-1-3-5-7/h5-8H,3-4H2,1-2H3,(H,14,15);1-5H,6H2,(H,9,10). The average molecular weight is 357 g/mol. The number of nitrogens with one attached hydrogen (secondary N) is 1. The molecule has 7 nitrogen and oxygen atoms in total. The maximum atomic E-state index is 11.1. The predicted molar refractivity (Wildman–Crippen MR) is 99.1 cm³/mol. The normalized spacial score (nSPS) is 10.3.